The maximum absolute atomic E-state index is 11.7. The van der Waals surface area contributed by atoms with Crippen molar-refractivity contribution in [2.45, 2.75) is 0 Å². The predicted octanol–water partition coefficient (Wildman–Crippen LogP) is 2.05. The molecular formula is C13H14N2O3. The lowest BCUT2D eigenvalue weighted by Crippen LogP contribution is -2.20. The molecule has 2 rings (SSSR count). The number of hydrogen-bond acceptors (Lipinski definition) is 4. The number of aromatic nitrogens is 1. The summed E-state index contributed by atoms with van der Waals surface area (Å²) >= 11 is 0. The molecule has 0 saturated carbocycles. The molecule has 5 heteroatoms. The average Bonchev–Trinajstić information content (AvgIpc) is 2.87. The van der Waals surface area contributed by atoms with Crippen LogP contribution >= 0.6 is 0 Å². The standard InChI is InChI=1S/C13H14N2O3/c1-15(2)13(16)12-8-11(14-18-12)9-4-6-10(17-3)7-5-9/h4-8H,1-3H3. The smallest absolute Gasteiger partial charge is 0.291 e. The highest BCUT2D eigenvalue weighted by molar-refractivity contribution is 5.92. The van der Waals surface area contributed by atoms with Gasteiger partial charge < -0.3 is 14.2 Å². The Balaban J connectivity index is 2.26. The van der Waals surface area contributed by atoms with Crippen molar-refractivity contribution in [3.05, 3.63) is 36.1 Å². The van der Waals surface area contributed by atoms with Crippen LogP contribution in [0.5, 0.6) is 5.75 Å². The number of carbonyl (C=O) groups is 1. The number of carbonyl (C=O) groups excluding carboxylic acids is 1. The van der Waals surface area contributed by atoms with Crippen molar-refractivity contribution in [2.75, 3.05) is 21.2 Å². The maximum Gasteiger partial charge on any atom is 0.291 e. The van der Waals surface area contributed by atoms with E-state index in [-0.39, 0.29) is 11.7 Å². The third kappa shape index (κ3) is 2.34. The van der Waals surface area contributed by atoms with Gasteiger partial charge in [0.1, 0.15) is 11.4 Å². The molecule has 1 aromatic heterocycles. The van der Waals surface area contributed by atoms with Crippen LogP contribution in [0.15, 0.2) is 34.9 Å². The van der Waals surface area contributed by atoms with Crippen LogP contribution in [-0.4, -0.2) is 37.2 Å². The average molecular weight is 246 g/mol. The van der Waals surface area contributed by atoms with Crippen molar-refractivity contribution in [3.8, 4) is 17.0 Å². The quantitative estimate of drug-likeness (QED) is 0.831. The Labute approximate surface area is 105 Å². The summed E-state index contributed by atoms with van der Waals surface area (Å²) < 4.78 is 10.1. The largest absolute Gasteiger partial charge is 0.497 e. The lowest BCUT2D eigenvalue weighted by atomic mass is 10.1. The van der Waals surface area contributed by atoms with E-state index in [9.17, 15) is 4.79 Å². The fourth-order valence-corrected chi connectivity index (χ4v) is 1.49. The Morgan fingerprint density at radius 2 is 1.94 bits per heavy atom. The number of nitrogens with zero attached hydrogens (tertiary/aromatic N) is 2. The predicted molar refractivity (Wildman–Crippen MR) is 66.5 cm³/mol. The molecule has 0 N–H and O–H groups in total. The van der Waals surface area contributed by atoms with Crippen LogP contribution in [0.25, 0.3) is 11.3 Å². The van der Waals surface area contributed by atoms with Crippen molar-refractivity contribution in [3.63, 3.8) is 0 Å². The van der Waals surface area contributed by atoms with E-state index >= 15 is 0 Å². The molecule has 94 valence electrons. The van der Waals surface area contributed by atoms with E-state index in [4.69, 9.17) is 9.26 Å². The zero-order chi connectivity index (χ0) is 13.1. The molecular weight excluding hydrogens is 232 g/mol. The second-order valence-corrected chi connectivity index (χ2v) is 4.00. The zero-order valence-corrected chi connectivity index (χ0v) is 10.5. The summed E-state index contributed by atoms with van der Waals surface area (Å²) in [4.78, 5) is 13.1. The second-order valence-electron chi connectivity index (χ2n) is 4.00. The van der Waals surface area contributed by atoms with Crippen LogP contribution in [0, 0.1) is 0 Å². The molecule has 0 radical (unpaired) electrons. The first-order valence-corrected chi connectivity index (χ1v) is 5.44. The molecule has 18 heavy (non-hydrogen) atoms. The van der Waals surface area contributed by atoms with Gasteiger partial charge in [-0.05, 0) is 24.3 Å². The molecule has 5 nitrogen and oxygen atoms in total. The normalized spacial score (nSPS) is 10.2. The van der Waals surface area contributed by atoms with Gasteiger partial charge in [-0.2, -0.15) is 0 Å². The van der Waals surface area contributed by atoms with Crippen LogP contribution in [0.1, 0.15) is 10.6 Å². The van der Waals surface area contributed by atoms with E-state index in [0.29, 0.717) is 5.69 Å². The number of rotatable bonds is 3. The highest BCUT2D eigenvalue weighted by atomic mass is 16.5. The molecule has 1 aromatic carbocycles. The van der Waals surface area contributed by atoms with Gasteiger partial charge in [-0.3, -0.25) is 4.79 Å². The van der Waals surface area contributed by atoms with Gasteiger partial charge in [-0.15, -0.1) is 0 Å². The molecule has 0 aliphatic rings. The van der Waals surface area contributed by atoms with E-state index in [1.165, 1.54) is 4.90 Å². The summed E-state index contributed by atoms with van der Waals surface area (Å²) in [7, 11) is 4.94. The summed E-state index contributed by atoms with van der Waals surface area (Å²) in [5.41, 5.74) is 1.50. The minimum atomic E-state index is -0.206. The van der Waals surface area contributed by atoms with Gasteiger partial charge >= 0.3 is 0 Å². The van der Waals surface area contributed by atoms with Crippen LogP contribution in [0.2, 0.25) is 0 Å². The summed E-state index contributed by atoms with van der Waals surface area (Å²) in [5.74, 6) is 0.792. The van der Waals surface area contributed by atoms with Gasteiger partial charge in [0.15, 0.2) is 0 Å². The van der Waals surface area contributed by atoms with Crippen LogP contribution in [-0.2, 0) is 0 Å². The first-order chi connectivity index (χ1) is 8.61. The van der Waals surface area contributed by atoms with E-state index < -0.39 is 0 Å². The van der Waals surface area contributed by atoms with E-state index in [0.717, 1.165) is 11.3 Å². The molecule has 0 spiro atoms. The molecule has 1 heterocycles. The topological polar surface area (TPSA) is 55.6 Å². The van der Waals surface area contributed by atoms with Gasteiger partial charge in [-0.1, -0.05) is 5.16 Å². The monoisotopic (exact) mass is 246 g/mol. The van der Waals surface area contributed by atoms with Crippen LogP contribution < -0.4 is 4.74 Å². The molecule has 0 atom stereocenters. The van der Waals surface area contributed by atoms with E-state index in [1.54, 1.807) is 27.3 Å². The Kier molecular flexibility index (Phi) is 3.32. The summed E-state index contributed by atoms with van der Waals surface area (Å²) in [5, 5.41) is 3.88. The molecule has 0 fully saturated rings. The summed E-state index contributed by atoms with van der Waals surface area (Å²) in [6, 6.07) is 9.01. The van der Waals surface area contributed by atoms with Crippen molar-refractivity contribution in [2.24, 2.45) is 0 Å². The molecule has 0 aliphatic heterocycles. The fraction of sp³-hybridized carbons (Fsp3) is 0.231. The van der Waals surface area contributed by atoms with Gasteiger partial charge in [0, 0.05) is 25.7 Å². The van der Waals surface area contributed by atoms with Gasteiger partial charge in [0.25, 0.3) is 5.91 Å². The Morgan fingerprint density at radius 1 is 1.28 bits per heavy atom. The molecule has 0 aliphatic carbocycles. The maximum atomic E-state index is 11.7. The van der Waals surface area contributed by atoms with E-state index in [1.807, 2.05) is 24.3 Å². The Bertz CT molecular complexity index is 544. The number of ether oxygens (including phenoxy) is 1. The second kappa shape index (κ2) is 4.91. The summed E-state index contributed by atoms with van der Waals surface area (Å²) in [6.45, 7) is 0. The third-order valence-corrected chi connectivity index (χ3v) is 2.51. The van der Waals surface area contributed by atoms with Gasteiger partial charge in [0.05, 0.1) is 7.11 Å². The first-order valence-electron chi connectivity index (χ1n) is 5.44. The minimum Gasteiger partial charge on any atom is -0.497 e. The van der Waals surface area contributed by atoms with Crippen LogP contribution in [0.3, 0.4) is 0 Å². The first kappa shape index (κ1) is 12.2. The SMILES string of the molecule is COc1ccc(-c2cc(C(=O)N(C)C)on2)cc1. The lowest BCUT2D eigenvalue weighted by Gasteiger charge is -2.05. The van der Waals surface area contributed by atoms with Gasteiger partial charge in [0.2, 0.25) is 5.76 Å². The van der Waals surface area contributed by atoms with Gasteiger partial charge in [-0.25, -0.2) is 0 Å². The van der Waals surface area contributed by atoms with E-state index in [2.05, 4.69) is 5.16 Å². The third-order valence-electron chi connectivity index (χ3n) is 2.51. The van der Waals surface area contributed by atoms with Crippen molar-refractivity contribution < 1.29 is 14.1 Å². The Hall–Kier alpha value is -2.30. The highest BCUT2D eigenvalue weighted by Crippen LogP contribution is 2.22. The molecule has 0 unspecified atom stereocenters. The molecule has 0 saturated heterocycles. The zero-order valence-electron chi connectivity index (χ0n) is 10.5. The number of benzene rings is 1. The summed E-state index contributed by atoms with van der Waals surface area (Å²) in [6.07, 6.45) is 0. The number of hydrogen-bond donors (Lipinski definition) is 0. The van der Waals surface area contributed by atoms with Crippen molar-refractivity contribution in [1.29, 1.82) is 0 Å². The van der Waals surface area contributed by atoms with Crippen molar-refractivity contribution >= 4 is 5.91 Å². The number of methoxy groups -OCH3 is 1. The highest BCUT2D eigenvalue weighted by Gasteiger charge is 2.15. The fourth-order valence-electron chi connectivity index (χ4n) is 1.49. The molecule has 2 aromatic rings. The molecule has 0 bridgehead atoms. The molecule has 1 amide bonds. The van der Waals surface area contributed by atoms with Crippen molar-refractivity contribution in [1.82, 2.24) is 10.1 Å². The van der Waals surface area contributed by atoms with Crippen LogP contribution in [0.4, 0.5) is 0 Å². The Morgan fingerprint density at radius 3 is 2.50 bits per heavy atom. The lowest BCUT2D eigenvalue weighted by molar-refractivity contribution is 0.0787. The minimum absolute atomic E-state index is 0.206. The number of amides is 1.